The molecule has 48 heavy (non-hydrogen) atoms. The SMILES string of the molecule is N#Cc1ccc(CCNC(=O)[C@@H]2CCN2c2cc(N3CCC(CCNC4=C(NCCC(=O)O)C(=O)C4O)CC3)nc(C(F)(F)F)n2)cc1. The highest BCUT2D eigenvalue weighted by Gasteiger charge is 2.40. The van der Waals surface area contributed by atoms with Crippen molar-refractivity contribution in [3.63, 3.8) is 0 Å². The van der Waals surface area contributed by atoms with E-state index < -0.39 is 35.9 Å². The minimum absolute atomic E-state index is 0.0480. The number of halogens is 3. The smallest absolute Gasteiger partial charge is 0.451 e. The van der Waals surface area contributed by atoms with Gasteiger partial charge < -0.3 is 36.0 Å². The average Bonchev–Trinajstić information content (AvgIpc) is 3.04. The van der Waals surface area contributed by atoms with Gasteiger partial charge in [0.15, 0.2) is 6.10 Å². The van der Waals surface area contributed by atoms with Gasteiger partial charge in [0.2, 0.25) is 17.5 Å². The van der Waals surface area contributed by atoms with E-state index in [2.05, 4.69) is 32.0 Å². The third-order valence-electron chi connectivity index (χ3n) is 8.85. The molecule has 0 radical (unpaired) electrons. The van der Waals surface area contributed by atoms with Crippen molar-refractivity contribution in [2.45, 2.75) is 56.8 Å². The Bertz CT molecular complexity index is 1590. The van der Waals surface area contributed by atoms with Crippen LogP contribution in [-0.2, 0) is 27.0 Å². The topological polar surface area (TPSA) is 184 Å². The van der Waals surface area contributed by atoms with Crippen molar-refractivity contribution in [1.82, 2.24) is 25.9 Å². The lowest BCUT2D eigenvalue weighted by atomic mass is 9.92. The van der Waals surface area contributed by atoms with Crippen molar-refractivity contribution in [2.24, 2.45) is 5.92 Å². The van der Waals surface area contributed by atoms with Gasteiger partial charge in [-0.25, -0.2) is 9.97 Å². The van der Waals surface area contributed by atoms with Gasteiger partial charge in [-0.3, -0.25) is 14.4 Å². The molecule has 5 rings (SSSR count). The Labute approximate surface area is 274 Å². The van der Waals surface area contributed by atoms with E-state index in [0.29, 0.717) is 76.1 Å². The van der Waals surface area contributed by atoms with Crippen molar-refractivity contribution < 1.29 is 37.8 Å². The number of aliphatic hydroxyl groups is 1. The molecule has 2 atom stereocenters. The third-order valence-corrected chi connectivity index (χ3v) is 8.85. The van der Waals surface area contributed by atoms with Gasteiger partial charge in [0.1, 0.15) is 23.4 Å². The first kappa shape index (κ1) is 34.4. The number of alkyl halides is 3. The highest BCUT2D eigenvalue weighted by molar-refractivity contribution is 6.07. The lowest BCUT2D eigenvalue weighted by Crippen LogP contribution is -2.57. The largest absolute Gasteiger partial charge is 0.481 e. The number of aromatic nitrogens is 2. The quantitative estimate of drug-likeness (QED) is 0.197. The van der Waals surface area contributed by atoms with Gasteiger partial charge in [-0.1, -0.05) is 12.1 Å². The molecule has 2 aliphatic heterocycles. The van der Waals surface area contributed by atoms with Gasteiger partial charge in [0.25, 0.3) is 0 Å². The molecule has 0 saturated carbocycles. The molecule has 1 unspecified atom stereocenters. The Morgan fingerprint density at radius 2 is 1.71 bits per heavy atom. The predicted molar refractivity (Wildman–Crippen MR) is 167 cm³/mol. The fourth-order valence-corrected chi connectivity index (χ4v) is 5.97. The van der Waals surface area contributed by atoms with E-state index in [1.807, 2.05) is 12.1 Å². The molecule has 0 bridgehead atoms. The number of rotatable bonds is 14. The van der Waals surface area contributed by atoms with Crippen molar-refractivity contribution in [1.29, 1.82) is 5.26 Å². The Kier molecular flexibility index (Phi) is 10.7. The molecule has 1 aliphatic carbocycles. The summed E-state index contributed by atoms with van der Waals surface area (Å²) in [6, 6.07) is 9.92. The van der Waals surface area contributed by atoms with Gasteiger partial charge >= 0.3 is 12.1 Å². The van der Waals surface area contributed by atoms with Crippen molar-refractivity contribution in [3.8, 4) is 6.07 Å². The van der Waals surface area contributed by atoms with E-state index >= 15 is 0 Å². The summed E-state index contributed by atoms with van der Waals surface area (Å²) in [6.45, 7) is 2.15. The van der Waals surface area contributed by atoms with Crippen LogP contribution in [0.5, 0.6) is 0 Å². The molecule has 16 heteroatoms. The molecule has 13 nitrogen and oxygen atoms in total. The number of carbonyl (C=O) groups excluding carboxylic acids is 2. The second-order valence-corrected chi connectivity index (χ2v) is 12.0. The van der Waals surface area contributed by atoms with Crippen molar-refractivity contribution >= 4 is 29.3 Å². The van der Waals surface area contributed by atoms with Crippen LogP contribution in [0.25, 0.3) is 0 Å². The van der Waals surface area contributed by atoms with Crippen LogP contribution in [-0.4, -0.2) is 89.3 Å². The summed E-state index contributed by atoms with van der Waals surface area (Å²) in [4.78, 5) is 46.6. The minimum atomic E-state index is -4.78. The van der Waals surface area contributed by atoms with Crippen LogP contribution >= 0.6 is 0 Å². The zero-order chi connectivity index (χ0) is 34.4. The molecule has 2 fully saturated rings. The molecule has 0 spiro atoms. The number of hydrogen-bond acceptors (Lipinski definition) is 11. The Hall–Kier alpha value is -4.91. The van der Waals surface area contributed by atoms with Gasteiger partial charge in [0.05, 0.1) is 23.8 Å². The second-order valence-electron chi connectivity index (χ2n) is 12.0. The van der Waals surface area contributed by atoms with Gasteiger partial charge in [-0.05, 0) is 55.7 Å². The third kappa shape index (κ3) is 8.14. The summed E-state index contributed by atoms with van der Waals surface area (Å²) in [7, 11) is 0. The maximum atomic E-state index is 13.9. The highest BCUT2D eigenvalue weighted by atomic mass is 19.4. The molecular weight excluding hydrogens is 633 g/mol. The maximum absolute atomic E-state index is 13.9. The number of aliphatic carboxylic acids is 1. The average molecular weight is 671 g/mol. The molecule has 2 aromatic rings. The maximum Gasteiger partial charge on any atom is 0.451 e. The molecule has 256 valence electrons. The minimum Gasteiger partial charge on any atom is -0.481 e. The zero-order valence-electron chi connectivity index (χ0n) is 26.1. The number of nitrogens with one attached hydrogen (secondary N) is 3. The lowest BCUT2D eigenvalue weighted by Gasteiger charge is -2.41. The number of carboxylic acids is 1. The Morgan fingerprint density at radius 3 is 2.33 bits per heavy atom. The van der Waals surface area contributed by atoms with Crippen LogP contribution in [0, 0.1) is 17.2 Å². The van der Waals surface area contributed by atoms with E-state index in [1.165, 1.54) is 6.07 Å². The number of nitrogens with zero attached hydrogens (tertiary/aromatic N) is 5. The number of nitriles is 1. The second kappa shape index (κ2) is 14.9. The molecule has 3 aliphatic rings. The Morgan fingerprint density at radius 1 is 1.00 bits per heavy atom. The zero-order valence-corrected chi connectivity index (χ0v) is 26.1. The molecule has 1 aromatic carbocycles. The van der Waals surface area contributed by atoms with Crippen LogP contribution < -0.4 is 25.8 Å². The number of carbonyl (C=O) groups is 3. The molecule has 3 heterocycles. The first-order valence-electron chi connectivity index (χ1n) is 15.8. The van der Waals surface area contributed by atoms with E-state index in [0.717, 1.165) is 5.56 Å². The van der Waals surface area contributed by atoms with Crippen LogP contribution in [0.4, 0.5) is 24.8 Å². The summed E-state index contributed by atoms with van der Waals surface area (Å²) in [6.07, 6.45) is -3.15. The fraction of sp³-hybridized carbons (Fsp3) is 0.500. The molecule has 1 aromatic heterocycles. The Balaban J connectivity index is 1.15. The van der Waals surface area contributed by atoms with Crippen molar-refractivity contribution in [2.75, 3.05) is 49.1 Å². The molecular formula is C32H37F3N8O5. The first-order chi connectivity index (χ1) is 22.9. The van der Waals surface area contributed by atoms with E-state index in [1.54, 1.807) is 21.9 Å². The standard InChI is InChI=1S/C32H37F3N8O5/c33-32(34,35)31-40-23(17-24(41-31)43-16-10-22(43)30(48)39-12-6-19-1-3-21(18-36)4-2-19)42-14-8-20(9-15-42)5-11-37-26-27(29(47)28(26)46)38-13-7-25(44)45/h1-4,17,20,22,28,37-38,46H,5-16H2,(H,39,48)(H,44,45)/t22-,28?/m0/s1. The number of aliphatic hydroxyl groups excluding tert-OH is 1. The van der Waals surface area contributed by atoms with E-state index in [-0.39, 0.29) is 42.1 Å². The normalized spacial score (nSPS) is 19.7. The van der Waals surface area contributed by atoms with Crippen LogP contribution in [0.1, 0.15) is 49.1 Å². The monoisotopic (exact) mass is 670 g/mol. The van der Waals surface area contributed by atoms with Crippen LogP contribution in [0.3, 0.4) is 0 Å². The number of Topliss-reactive ketones (excluding diaryl/α,β-unsaturated/α-hetero) is 1. The molecule has 1 amide bonds. The molecule has 2 saturated heterocycles. The van der Waals surface area contributed by atoms with Gasteiger partial charge in [-0.2, -0.15) is 18.4 Å². The lowest BCUT2D eigenvalue weighted by molar-refractivity contribution is -0.144. The summed E-state index contributed by atoms with van der Waals surface area (Å²) >= 11 is 0. The summed E-state index contributed by atoms with van der Waals surface area (Å²) in [5.74, 6) is -2.63. The highest BCUT2D eigenvalue weighted by Crippen LogP contribution is 2.34. The predicted octanol–water partition coefficient (Wildman–Crippen LogP) is 1.72. The summed E-state index contributed by atoms with van der Waals surface area (Å²) < 4.78 is 41.6. The number of ketones is 1. The number of hydrogen-bond donors (Lipinski definition) is 5. The van der Waals surface area contributed by atoms with Gasteiger partial charge in [0, 0.05) is 45.3 Å². The number of amides is 1. The summed E-state index contributed by atoms with van der Waals surface area (Å²) in [5, 5.41) is 36.4. The fourth-order valence-electron chi connectivity index (χ4n) is 5.97. The molecule has 5 N–H and O–H groups in total. The summed E-state index contributed by atoms with van der Waals surface area (Å²) in [5.41, 5.74) is 2.00. The van der Waals surface area contributed by atoms with Crippen LogP contribution in [0.2, 0.25) is 0 Å². The number of piperidine rings is 1. The number of carboxylic acid groups (broad SMARTS) is 1. The number of anilines is 2. The first-order valence-corrected chi connectivity index (χ1v) is 15.8. The van der Waals surface area contributed by atoms with E-state index in [4.69, 9.17) is 10.4 Å². The van der Waals surface area contributed by atoms with Gasteiger partial charge in [-0.15, -0.1) is 0 Å². The van der Waals surface area contributed by atoms with Crippen LogP contribution in [0.15, 0.2) is 41.7 Å². The van der Waals surface area contributed by atoms with E-state index in [9.17, 15) is 32.7 Å². The number of benzene rings is 1. The van der Waals surface area contributed by atoms with Crippen molar-refractivity contribution in [3.05, 3.63) is 58.7 Å².